The quantitative estimate of drug-likeness (QED) is 0.789. The van der Waals surface area contributed by atoms with E-state index in [1.165, 1.54) is 12.0 Å². The Balaban J connectivity index is 0.000001000. The van der Waals surface area contributed by atoms with Crippen molar-refractivity contribution in [2.45, 2.75) is 6.42 Å². The van der Waals surface area contributed by atoms with Crippen LogP contribution in [-0.4, -0.2) is 23.8 Å². The number of rotatable bonds is 4. The molecule has 0 bridgehead atoms. The lowest BCUT2D eigenvalue weighted by Crippen LogP contribution is -2.29. The average molecular weight is 246 g/mol. The lowest BCUT2D eigenvalue weighted by molar-refractivity contribution is 0.344. The molecule has 0 amide bonds. The Bertz CT molecular complexity index is 517. The molecule has 3 nitrogen and oxygen atoms in total. The molecule has 0 saturated heterocycles. The van der Waals surface area contributed by atoms with Gasteiger partial charge in [0.2, 0.25) is 0 Å². The highest BCUT2D eigenvalue weighted by molar-refractivity contribution is 6.58. The molecule has 1 aromatic carbocycles. The van der Waals surface area contributed by atoms with E-state index >= 15 is 0 Å². The Hall–Kier alpha value is -1.52. The SMILES string of the molecule is OB(O)c1cccc(OCC2=CC=CC3CC23)c1.[HH].[HH]. The minimum Gasteiger partial charge on any atom is -0.489 e. The number of allylic oxidation sites excluding steroid dienone is 3. The van der Waals surface area contributed by atoms with Crippen molar-refractivity contribution in [1.82, 2.24) is 0 Å². The van der Waals surface area contributed by atoms with Crippen molar-refractivity contribution in [2.24, 2.45) is 11.8 Å². The van der Waals surface area contributed by atoms with Crippen LogP contribution in [0.4, 0.5) is 0 Å². The Morgan fingerprint density at radius 3 is 3.11 bits per heavy atom. The summed E-state index contributed by atoms with van der Waals surface area (Å²) < 4.78 is 5.71. The third-order valence-electron chi connectivity index (χ3n) is 3.55. The maximum Gasteiger partial charge on any atom is 0.488 e. The molecule has 2 unspecified atom stereocenters. The maximum atomic E-state index is 9.09. The van der Waals surface area contributed by atoms with Crippen molar-refractivity contribution in [3.05, 3.63) is 48.1 Å². The van der Waals surface area contributed by atoms with E-state index in [4.69, 9.17) is 14.8 Å². The van der Waals surface area contributed by atoms with Crippen LogP contribution in [0.3, 0.4) is 0 Å². The summed E-state index contributed by atoms with van der Waals surface area (Å²) in [5.74, 6) is 2.06. The zero-order valence-corrected chi connectivity index (χ0v) is 9.99. The molecule has 4 heteroatoms. The molecule has 3 rings (SSSR count). The second-order valence-electron chi connectivity index (χ2n) is 4.87. The van der Waals surface area contributed by atoms with Gasteiger partial charge in [-0.15, -0.1) is 0 Å². The van der Waals surface area contributed by atoms with Crippen LogP contribution in [0.2, 0.25) is 0 Å². The van der Waals surface area contributed by atoms with E-state index in [0.29, 0.717) is 23.7 Å². The van der Waals surface area contributed by atoms with Gasteiger partial charge in [-0.3, -0.25) is 0 Å². The summed E-state index contributed by atoms with van der Waals surface area (Å²) in [4.78, 5) is 0. The van der Waals surface area contributed by atoms with Crippen molar-refractivity contribution in [3.63, 3.8) is 0 Å². The molecule has 2 aliphatic carbocycles. The van der Waals surface area contributed by atoms with Crippen molar-refractivity contribution in [2.75, 3.05) is 6.61 Å². The maximum absolute atomic E-state index is 9.09. The molecule has 1 aromatic rings. The van der Waals surface area contributed by atoms with Gasteiger partial charge in [0, 0.05) is 2.85 Å². The average Bonchev–Trinajstić information content (AvgIpc) is 3.16. The molecule has 0 radical (unpaired) electrons. The predicted molar refractivity (Wildman–Crippen MR) is 74.8 cm³/mol. The van der Waals surface area contributed by atoms with E-state index in [1.807, 2.05) is 6.07 Å². The molecule has 2 aliphatic rings. The van der Waals surface area contributed by atoms with Crippen LogP contribution in [0.1, 0.15) is 9.27 Å². The monoisotopic (exact) mass is 246 g/mol. The lowest BCUT2D eigenvalue weighted by atomic mass is 9.80. The normalized spacial score (nSPS) is 24.2. The van der Waals surface area contributed by atoms with Crippen molar-refractivity contribution in [1.29, 1.82) is 0 Å². The van der Waals surface area contributed by atoms with E-state index < -0.39 is 7.12 Å². The number of ether oxygens (including phenoxy) is 1. The third kappa shape index (κ3) is 2.35. The molecule has 0 spiro atoms. The van der Waals surface area contributed by atoms with Crippen LogP contribution in [0.25, 0.3) is 0 Å². The highest BCUT2D eigenvalue weighted by Gasteiger charge is 2.39. The first-order valence-electron chi connectivity index (χ1n) is 6.20. The number of hydrogen-bond donors (Lipinski definition) is 2. The smallest absolute Gasteiger partial charge is 0.488 e. The van der Waals surface area contributed by atoms with Crippen LogP contribution >= 0.6 is 0 Å². The van der Waals surface area contributed by atoms with E-state index in [-0.39, 0.29) is 2.85 Å². The zero-order chi connectivity index (χ0) is 12.5. The number of fused-ring (bicyclic) bond motifs is 1. The first kappa shape index (κ1) is 11.6. The van der Waals surface area contributed by atoms with Gasteiger partial charge in [-0.2, -0.15) is 0 Å². The topological polar surface area (TPSA) is 49.7 Å². The Morgan fingerprint density at radius 1 is 1.39 bits per heavy atom. The number of benzene rings is 1. The van der Waals surface area contributed by atoms with Crippen LogP contribution in [0.5, 0.6) is 5.75 Å². The summed E-state index contributed by atoms with van der Waals surface area (Å²) in [6, 6.07) is 6.92. The minimum absolute atomic E-state index is 0. The summed E-state index contributed by atoms with van der Waals surface area (Å²) in [7, 11) is -1.45. The standard InChI is InChI=1S/C14H15BO3.2H2/c16-15(17)12-5-2-6-13(8-12)18-9-11-4-1-3-10-7-14(10)11;;/h1-6,8,10,14,16-17H,7,9H2;2*1H. The molecule has 2 N–H and O–H groups in total. The predicted octanol–water partition coefficient (Wildman–Crippen LogP) is 1.37. The largest absolute Gasteiger partial charge is 0.489 e. The van der Waals surface area contributed by atoms with Gasteiger partial charge in [0.05, 0.1) is 0 Å². The fourth-order valence-electron chi connectivity index (χ4n) is 2.39. The second kappa shape index (κ2) is 4.63. The molecule has 1 saturated carbocycles. The Morgan fingerprint density at radius 2 is 2.28 bits per heavy atom. The molecule has 0 aliphatic heterocycles. The third-order valence-corrected chi connectivity index (χ3v) is 3.55. The van der Waals surface area contributed by atoms with Crippen molar-refractivity contribution >= 4 is 12.6 Å². The van der Waals surface area contributed by atoms with Gasteiger partial charge < -0.3 is 14.8 Å². The van der Waals surface area contributed by atoms with Crippen molar-refractivity contribution in [3.8, 4) is 5.75 Å². The fourth-order valence-corrected chi connectivity index (χ4v) is 2.39. The summed E-state index contributed by atoms with van der Waals surface area (Å²) in [6.07, 6.45) is 7.71. The summed E-state index contributed by atoms with van der Waals surface area (Å²) in [5, 5.41) is 18.2. The van der Waals surface area contributed by atoms with Gasteiger partial charge in [0.15, 0.2) is 0 Å². The van der Waals surface area contributed by atoms with Crippen LogP contribution in [-0.2, 0) is 0 Å². The second-order valence-corrected chi connectivity index (χ2v) is 4.87. The van der Waals surface area contributed by atoms with Gasteiger partial charge in [-0.05, 0) is 41.4 Å². The van der Waals surface area contributed by atoms with Gasteiger partial charge in [0.25, 0.3) is 0 Å². The molecular weight excluding hydrogens is 227 g/mol. The molecule has 96 valence electrons. The molecule has 18 heavy (non-hydrogen) atoms. The highest BCUT2D eigenvalue weighted by Crippen LogP contribution is 2.47. The molecular formula is C14H19BO3. The molecule has 1 fully saturated rings. The van der Waals surface area contributed by atoms with Crippen LogP contribution in [0, 0.1) is 11.8 Å². The van der Waals surface area contributed by atoms with Gasteiger partial charge in [-0.25, -0.2) is 0 Å². The molecule has 0 heterocycles. The Labute approximate surface area is 110 Å². The first-order valence-corrected chi connectivity index (χ1v) is 6.20. The van der Waals surface area contributed by atoms with Gasteiger partial charge in [-0.1, -0.05) is 30.4 Å². The summed E-state index contributed by atoms with van der Waals surface area (Å²) >= 11 is 0. The Kier molecular flexibility index (Phi) is 2.98. The van der Waals surface area contributed by atoms with Gasteiger partial charge >= 0.3 is 7.12 Å². The first-order chi connectivity index (χ1) is 8.74. The van der Waals surface area contributed by atoms with E-state index in [9.17, 15) is 0 Å². The highest BCUT2D eigenvalue weighted by atomic mass is 16.5. The van der Waals surface area contributed by atoms with Gasteiger partial charge in [0.1, 0.15) is 12.4 Å². The zero-order valence-electron chi connectivity index (χ0n) is 9.99. The number of hydrogen-bond acceptors (Lipinski definition) is 3. The lowest BCUT2D eigenvalue weighted by Gasteiger charge is -2.11. The van der Waals surface area contributed by atoms with Crippen LogP contribution in [0.15, 0.2) is 48.1 Å². The van der Waals surface area contributed by atoms with E-state index in [0.717, 1.165) is 5.92 Å². The molecule has 2 atom stereocenters. The van der Waals surface area contributed by atoms with E-state index in [1.54, 1.807) is 18.2 Å². The minimum atomic E-state index is -1.45. The van der Waals surface area contributed by atoms with E-state index in [2.05, 4.69) is 18.2 Å². The van der Waals surface area contributed by atoms with Crippen molar-refractivity contribution < 1.29 is 17.6 Å². The fraction of sp³-hybridized carbons (Fsp3) is 0.286. The summed E-state index contributed by atoms with van der Waals surface area (Å²) in [5.41, 5.74) is 1.78. The molecule has 0 aromatic heterocycles. The van der Waals surface area contributed by atoms with Crippen LogP contribution < -0.4 is 10.2 Å². The summed E-state index contributed by atoms with van der Waals surface area (Å²) in [6.45, 7) is 0.580.